The highest BCUT2D eigenvalue weighted by Gasteiger charge is 2.35. The van der Waals surface area contributed by atoms with Gasteiger partial charge in [0.25, 0.3) is 0 Å². The van der Waals surface area contributed by atoms with Crippen molar-refractivity contribution < 1.29 is 23.9 Å². The summed E-state index contributed by atoms with van der Waals surface area (Å²) in [6.45, 7) is 1.80. The molecule has 1 aromatic heterocycles. The van der Waals surface area contributed by atoms with Gasteiger partial charge in [-0.1, -0.05) is 42.5 Å². The van der Waals surface area contributed by atoms with Crippen LogP contribution in [-0.4, -0.2) is 22.5 Å². The molecular formula is C24H14O5. The number of aromatic hydroxyl groups is 1. The smallest absolute Gasteiger partial charge is 0.228 e. The molecule has 0 saturated heterocycles. The normalized spacial score (nSPS) is 12.7. The first-order valence-corrected chi connectivity index (χ1v) is 9.05. The van der Waals surface area contributed by atoms with Crippen molar-refractivity contribution in [2.24, 2.45) is 0 Å². The van der Waals surface area contributed by atoms with Crippen LogP contribution < -0.4 is 0 Å². The fraction of sp³-hybridized carbons (Fsp3) is 0.0417. The van der Waals surface area contributed by atoms with Crippen molar-refractivity contribution in [3.63, 3.8) is 0 Å². The number of fused-ring (bicyclic) bond motifs is 4. The van der Waals surface area contributed by atoms with Crippen molar-refractivity contribution in [2.75, 3.05) is 0 Å². The summed E-state index contributed by atoms with van der Waals surface area (Å²) in [6, 6.07) is 16.3. The molecule has 0 unspecified atom stereocenters. The minimum atomic E-state index is -0.495. The Kier molecular flexibility index (Phi) is 3.55. The van der Waals surface area contributed by atoms with Crippen LogP contribution in [0.5, 0.6) is 5.75 Å². The number of benzene rings is 3. The van der Waals surface area contributed by atoms with Crippen molar-refractivity contribution >= 4 is 28.3 Å². The van der Waals surface area contributed by atoms with E-state index in [-0.39, 0.29) is 50.9 Å². The largest absolute Gasteiger partial charge is 0.507 e. The maximum absolute atomic E-state index is 13.2. The van der Waals surface area contributed by atoms with Crippen LogP contribution in [0.1, 0.15) is 53.5 Å². The van der Waals surface area contributed by atoms with E-state index in [2.05, 4.69) is 0 Å². The first-order valence-electron chi connectivity index (χ1n) is 9.05. The summed E-state index contributed by atoms with van der Waals surface area (Å²) in [7, 11) is 0. The lowest BCUT2D eigenvalue weighted by Crippen LogP contribution is -2.21. The van der Waals surface area contributed by atoms with E-state index in [1.165, 1.54) is 18.2 Å². The molecule has 0 amide bonds. The fourth-order valence-corrected chi connectivity index (χ4v) is 3.84. The Balaban J connectivity index is 1.77. The molecule has 3 aromatic carbocycles. The van der Waals surface area contributed by atoms with Crippen LogP contribution in [0.25, 0.3) is 11.0 Å². The van der Waals surface area contributed by atoms with Gasteiger partial charge >= 0.3 is 0 Å². The van der Waals surface area contributed by atoms with E-state index in [0.29, 0.717) is 10.9 Å². The van der Waals surface area contributed by atoms with Crippen LogP contribution in [0.4, 0.5) is 0 Å². The summed E-state index contributed by atoms with van der Waals surface area (Å²) in [5, 5.41) is 10.8. The molecule has 5 heteroatoms. The molecule has 140 valence electrons. The lowest BCUT2D eigenvalue weighted by molar-refractivity contribution is 0.0976. The molecule has 1 aliphatic rings. The first-order chi connectivity index (χ1) is 14.0. The molecule has 1 aliphatic carbocycles. The zero-order valence-corrected chi connectivity index (χ0v) is 15.4. The van der Waals surface area contributed by atoms with Crippen molar-refractivity contribution in [2.45, 2.75) is 6.92 Å². The number of hydrogen-bond donors (Lipinski definition) is 1. The Bertz CT molecular complexity index is 1360. The quantitative estimate of drug-likeness (QED) is 0.456. The minimum absolute atomic E-state index is 0.0394. The van der Waals surface area contributed by atoms with Crippen molar-refractivity contribution in [1.82, 2.24) is 0 Å². The molecule has 1 N–H and O–H groups in total. The highest BCUT2D eigenvalue weighted by Crippen LogP contribution is 2.38. The van der Waals surface area contributed by atoms with Crippen LogP contribution in [0.2, 0.25) is 0 Å². The van der Waals surface area contributed by atoms with E-state index >= 15 is 0 Å². The number of rotatable bonds is 2. The Morgan fingerprint density at radius 3 is 2.38 bits per heavy atom. The fourth-order valence-electron chi connectivity index (χ4n) is 3.84. The maximum atomic E-state index is 13.2. The molecule has 0 radical (unpaired) electrons. The van der Waals surface area contributed by atoms with E-state index in [1.54, 1.807) is 43.3 Å². The monoisotopic (exact) mass is 382 g/mol. The summed E-state index contributed by atoms with van der Waals surface area (Å²) in [5.41, 5.74) is 1.79. The van der Waals surface area contributed by atoms with Crippen LogP contribution in [0.3, 0.4) is 0 Å². The number of carbonyl (C=O) groups is 3. The van der Waals surface area contributed by atoms with E-state index in [1.807, 2.05) is 6.07 Å². The summed E-state index contributed by atoms with van der Waals surface area (Å²) in [6.07, 6.45) is 0. The molecule has 5 rings (SSSR count). The van der Waals surface area contributed by atoms with Gasteiger partial charge in [0.2, 0.25) is 11.6 Å². The highest BCUT2D eigenvalue weighted by molar-refractivity contribution is 6.32. The van der Waals surface area contributed by atoms with Gasteiger partial charge in [-0.3, -0.25) is 14.4 Å². The van der Waals surface area contributed by atoms with Gasteiger partial charge in [0, 0.05) is 22.1 Å². The molecule has 0 fully saturated rings. The Labute approximate surface area is 165 Å². The van der Waals surface area contributed by atoms with Crippen LogP contribution in [0, 0.1) is 6.92 Å². The van der Waals surface area contributed by atoms with Crippen molar-refractivity contribution in [3.8, 4) is 5.75 Å². The van der Waals surface area contributed by atoms with Gasteiger partial charge < -0.3 is 9.52 Å². The number of aryl methyl sites for hydroxylation is 1. The molecule has 5 nitrogen and oxygen atoms in total. The second-order valence-corrected chi connectivity index (χ2v) is 7.02. The predicted octanol–water partition coefficient (Wildman–Crippen LogP) is 4.45. The van der Waals surface area contributed by atoms with Gasteiger partial charge in [-0.25, -0.2) is 0 Å². The third kappa shape index (κ3) is 2.37. The molecule has 0 bridgehead atoms. The minimum Gasteiger partial charge on any atom is -0.507 e. The maximum Gasteiger partial charge on any atom is 0.228 e. The summed E-state index contributed by atoms with van der Waals surface area (Å²) in [4.78, 5) is 39.0. The van der Waals surface area contributed by atoms with Gasteiger partial charge in [0.1, 0.15) is 11.3 Å². The third-order valence-electron chi connectivity index (χ3n) is 5.26. The Morgan fingerprint density at radius 1 is 0.862 bits per heavy atom. The van der Waals surface area contributed by atoms with E-state index in [9.17, 15) is 19.5 Å². The number of furan rings is 1. The standard InChI is InChI=1S/C24H14O5/c1-12-10-16-20(23(28)19-14(22(16)27)8-5-9-17(19)25)24-15(12)11-18(29-24)21(26)13-6-3-2-4-7-13/h2-11,25H,1H3. The number of carbonyl (C=O) groups excluding carboxylic acids is 3. The number of phenols is 1. The molecule has 0 atom stereocenters. The number of hydrogen-bond acceptors (Lipinski definition) is 5. The lowest BCUT2D eigenvalue weighted by atomic mass is 9.82. The van der Waals surface area contributed by atoms with Gasteiger partial charge in [-0.2, -0.15) is 0 Å². The Morgan fingerprint density at radius 2 is 1.62 bits per heavy atom. The second kappa shape index (κ2) is 6.01. The van der Waals surface area contributed by atoms with E-state index < -0.39 is 5.78 Å². The zero-order chi connectivity index (χ0) is 20.3. The van der Waals surface area contributed by atoms with Crippen molar-refractivity contribution in [3.05, 3.63) is 99.8 Å². The number of phenolic OH excluding ortho intramolecular Hbond substituents is 1. The molecule has 0 saturated carbocycles. The van der Waals surface area contributed by atoms with E-state index in [4.69, 9.17) is 4.42 Å². The van der Waals surface area contributed by atoms with Crippen LogP contribution in [0.15, 0.2) is 65.1 Å². The second-order valence-electron chi connectivity index (χ2n) is 7.02. The third-order valence-corrected chi connectivity index (χ3v) is 5.26. The summed E-state index contributed by atoms with van der Waals surface area (Å²) >= 11 is 0. The number of ketones is 3. The first kappa shape index (κ1) is 17.1. The average Bonchev–Trinajstić information content (AvgIpc) is 3.18. The van der Waals surface area contributed by atoms with Gasteiger partial charge in [0.15, 0.2) is 11.5 Å². The molecule has 0 spiro atoms. The van der Waals surface area contributed by atoms with Crippen LogP contribution >= 0.6 is 0 Å². The molecule has 1 heterocycles. The van der Waals surface area contributed by atoms with E-state index in [0.717, 1.165) is 5.56 Å². The highest BCUT2D eigenvalue weighted by atomic mass is 16.3. The van der Waals surface area contributed by atoms with Gasteiger partial charge in [-0.05, 0) is 30.7 Å². The average molecular weight is 382 g/mol. The molecule has 4 aromatic rings. The van der Waals surface area contributed by atoms with Crippen LogP contribution in [-0.2, 0) is 0 Å². The summed E-state index contributed by atoms with van der Waals surface area (Å²) < 4.78 is 5.83. The summed E-state index contributed by atoms with van der Waals surface area (Å²) in [5.74, 6) is -1.33. The molecule has 0 aliphatic heterocycles. The lowest BCUT2D eigenvalue weighted by Gasteiger charge is -2.19. The topological polar surface area (TPSA) is 84.6 Å². The molecular weight excluding hydrogens is 368 g/mol. The predicted molar refractivity (Wildman–Crippen MR) is 106 cm³/mol. The van der Waals surface area contributed by atoms with Crippen molar-refractivity contribution in [1.29, 1.82) is 0 Å². The Hall–Kier alpha value is -3.99. The molecule has 29 heavy (non-hydrogen) atoms. The zero-order valence-electron chi connectivity index (χ0n) is 15.4. The van der Waals surface area contributed by atoms with Gasteiger partial charge in [-0.15, -0.1) is 0 Å². The SMILES string of the molecule is Cc1cc2c(c3oc(C(=O)c4ccccc4)cc13)C(=O)c1c(O)cccc1C2=O. The van der Waals surface area contributed by atoms with Gasteiger partial charge in [0.05, 0.1) is 11.1 Å².